The largest absolute Gasteiger partial charge is 0.330 e. The van der Waals surface area contributed by atoms with Gasteiger partial charge in [-0.05, 0) is 31.5 Å². The SMILES string of the molecule is CCCCn1c(=O)[nH]c(=O)c2c1nc(CN(CC)Cc1ccccc1Cl)n2CC. The van der Waals surface area contributed by atoms with Gasteiger partial charge in [-0.2, -0.15) is 0 Å². The second-order valence-electron chi connectivity index (χ2n) is 7.10. The molecule has 8 heteroatoms. The van der Waals surface area contributed by atoms with Gasteiger partial charge in [-0.15, -0.1) is 0 Å². The van der Waals surface area contributed by atoms with Crippen molar-refractivity contribution in [3.05, 3.63) is 61.5 Å². The molecule has 0 aliphatic heterocycles. The van der Waals surface area contributed by atoms with E-state index in [-0.39, 0.29) is 5.56 Å². The highest BCUT2D eigenvalue weighted by Crippen LogP contribution is 2.19. The quantitative estimate of drug-likeness (QED) is 0.579. The average Bonchev–Trinajstić information content (AvgIpc) is 3.07. The summed E-state index contributed by atoms with van der Waals surface area (Å²) in [6.45, 7) is 9.32. The Bertz CT molecular complexity index is 1100. The van der Waals surface area contributed by atoms with E-state index in [1.807, 2.05) is 35.8 Å². The highest BCUT2D eigenvalue weighted by Gasteiger charge is 2.19. The predicted octanol–water partition coefficient (Wildman–Crippen LogP) is 3.38. The van der Waals surface area contributed by atoms with E-state index in [2.05, 4.69) is 23.7 Å². The van der Waals surface area contributed by atoms with E-state index in [1.165, 1.54) is 0 Å². The number of rotatable bonds is 9. The van der Waals surface area contributed by atoms with Gasteiger partial charge >= 0.3 is 5.69 Å². The Hall–Kier alpha value is -2.38. The molecule has 0 unspecified atom stereocenters. The van der Waals surface area contributed by atoms with E-state index in [1.54, 1.807) is 4.57 Å². The van der Waals surface area contributed by atoms with Crippen LogP contribution in [0, 0.1) is 0 Å². The third-order valence-electron chi connectivity index (χ3n) is 5.18. The molecule has 7 nitrogen and oxygen atoms in total. The van der Waals surface area contributed by atoms with Crippen LogP contribution < -0.4 is 11.2 Å². The van der Waals surface area contributed by atoms with Gasteiger partial charge in [-0.3, -0.25) is 19.2 Å². The first-order chi connectivity index (χ1) is 14.0. The molecule has 1 N–H and O–H groups in total. The van der Waals surface area contributed by atoms with Crippen molar-refractivity contribution >= 4 is 22.8 Å². The molecule has 2 aromatic heterocycles. The van der Waals surface area contributed by atoms with Crippen LogP contribution in [0.4, 0.5) is 0 Å². The van der Waals surface area contributed by atoms with Gasteiger partial charge in [0.1, 0.15) is 5.82 Å². The summed E-state index contributed by atoms with van der Waals surface area (Å²) >= 11 is 6.33. The third kappa shape index (κ3) is 4.46. The summed E-state index contributed by atoms with van der Waals surface area (Å²) < 4.78 is 3.49. The molecular weight excluding hydrogens is 390 g/mol. The summed E-state index contributed by atoms with van der Waals surface area (Å²) in [5.74, 6) is 0.776. The lowest BCUT2D eigenvalue weighted by Crippen LogP contribution is -2.31. The molecule has 0 bridgehead atoms. The number of hydrogen-bond acceptors (Lipinski definition) is 4. The Labute approximate surface area is 174 Å². The molecule has 156 valence electrons. The molecular formula is C21H28ClN5O2. The van der Waals surface area contributed by atoms with Crippen LogP contribution in [0.1, 0.15) is 45.0 Å². The lowest BCUT2D eigenvalue weighted by molar-refractivity contribution is 0.261. The molecule has 2 heterocycles. The smallest absolute Gasteiger partial charge is 0.321 e. The molecule has 0 saturated heterocycles. The van der Waals surface area contributed by atoms with Gasteiger partial charge in [0.05, 0.1) is 6.54 Å². The number of unbranched alkanes of at least 4 members (excludes halogenated alkanes) is 1. The van der Waals surface area contributed by atoms with Gasteiger partial charge in [-0.25, -0.2) is 9.78 Å². The number of nitrogens with zero attached hydrogens (tertiary/aromatic N) is 4. The van der Waals surface area contributed by atoms with Gasteiger partial charge in [0, 0.05) is 24.7 Å². The highest BCUT2D eigenvalue weighted by atomic mass is 35.5. The molecule has 3 rings (SSSR count). The Balaban J connectivity index is 2.02. The first kappa shape index (κ1) is 21.3. The first-order valence-corrected chi connectivity index (χ1v) is 10.6. The summed E-state index contributed by atoms with van der Waals surface area (Å²) in [5, 5.41) is 0.736. The number of aromatic nitrogens is 4. The van der Waals surface area contributed by atoms with E-state index in [9.17, 15) is 9.59 Å². The second kappa shape index (κ2) is 9.41. The van der Waals surface area contributed by atoms with Crippen LogP contribution in [-0.2, 0) is 26.2 Å². The summed E-state index contributed by atoms with van der Waals surface area (Å²) in [6, 6.07) is 7.79. The number of nitrogens with one attached hydrogen (secondary N) is 1. The second-order valence-corrected chi connectivity index (χ2v) is 7.51. The van der Waals surface area contributed by atoms with Crippen LogP contribution in [0.25, 0.3) is 11.2 Å². The maximum atomic E-state index is 12.5. The van der Waals surface area contributed by atoms with Crippen molar-refractivity contribution < 1.29 is 0 Å². The van der Waals surface area contributed by atoms with Crippen LogP contribution in [0.2, 0.25) is 5.02 Å². The Morgan fingerprint density at radius 3 is 2.52 bits per heavy atom. The lowest BCUT2D eigenvalue weighted by atomic mass is 10.2. The molecule has 0 aliphatic carbocycles. The number of halogens is 1. The fourth-order valence-corrected chi connectivity index (χ4v) is 3.75. The molecule has 0 aliphatic rings. The number of imidazole rings is 1. The highest BCUT2D eigenvalue weighted by molar-refractivity contribution is 6.31. The molecule has 0 radical (unpaired) electrons. The van der Waals surface area contributed by atoms with E-state index in [0.717, 1.165) is 35.8 Å². The van der Waals surface area contributed by atoms with Crippen LogP contribution in [0.3, 0.4) is 0 Å². The van der Waals surface area contributed by atoms with Gasteiger partial charge in [-0.1, -0.05) is 50.1 Å². The molecule has 29 heavy (non-hydrogen) atoms. The summed E-state index contributed by atoms with van der Waals surface area (Å²) in [6.07, 6.45) is 1.80. The molecule has 0 amide bonds. The fourth-order valence-electron chi connectivity index (χ4n) is 3.55. The number of fused-ring (bicyclic) bond motifs is 1. The number of H-pyrrole nitrogens is 1. The number of aromatic amines is 1. The standard InChI is InChI=1S/C21H28ClN5O2/c1-4-7-12-27-19-18(20(28)24-21(27)29)26(6-3)17(23-19)14-25(5-2)13-15-10-8-9-11-16(15)22/h8-11H,4-7,12-14H2,1-3H3,(H,24,28,29). The van der Waals surface area contributed by atoms with E-state index in [4.69, 9.17) is 16.6 Å². The Morgan fingerprint density at radius 2 is 1.86 bits per heavy atom. The number of benzene rings is 1. The van der Waals surface area contributed by atoms with Crippen molar-refractivity contribution in [3.8, 4) is 0 Å². The van der Waals surface area contributed by atoms with Crippen LogP contribution in [0.15, 0.2) is 33.9 Å². The molecule has 1 aromatic carbocycles. The summed E-state index contributed by atoms with van der Waals surface area (Å²) in [5.41, 5.74) is 1.21. The summed E-state index contributed by atoms with van der Waals surface area (Å²) in [4.78, 5) is 34.3. The zero-order chi connectivity index (χ0) is 21.0. The van der Waals surface area contributed by atoms with Gasteiger partial charge in [0.25, 0.3) is 5.56 Å². The molecule has 0 atom stereocenters. The Morgan fingerprint density at radius 1 is 1.10 bits per heavy atom. The Kier molecular flexibility index (Phi) is 6.92. The topological polar surface area (TPSA) is 75.9 Å². The van der Waals surface area contributed by atoms with Crippen molar-refractivity contribution in [1.82, 2.24) is 24.0 Å². The van der Waals surface area contributed by atoms with Crippen LogP contribution in [-0.4, -0.2) is 30.5 Å². The van der Waals surface area contributed by atoms with Crippen molar-refractivity contribution in [2.75, 3.05) is 6.54 Å². The van der Waals surface area contributed by atoms with E-state index >= 15 is 0 Å². The summed E-state index contributed by atoms with van der Waals surface area (Å²) in [7, 11) is 0. The van der Waals surface area contributed by atoms with Crippen LogP contribution >= 0.6 is 11.6 Å². The van der Waals surface area contributed by atoms with Crippen molar-refractivity contribution in [1.29, 1.82) is 0 Å². The van der Waals surface area contributed by atoms with Crippen molar-refractivity contribution in [2.45, 2.75) is 59.8 Å². The molecule has 3 aromatic rings. The van der Waals surface area contributed by atoms with Gasteiger partial charge in [0.15, 0.2) is 11.2 Å². The zero-order valence-electron chi connectivity index (χ0n) is 17.2. The first-order valence-electron chi connectivity index (χ1n) is 10.2. The lowest BCUT2D eigenvalue weighted by Gasteiger charge is -2.21. The normalized spacial score (nSPS) is 11.6. The number of hydrogen-bond donors (Lipinski definition) is 1. The zero-order valence-corrected chi connectivity index (χ0v) is 18.0. The van der Waals surface area contributed by atoms with Crippen molar-refractivity contribution in [3.63, 3.8) is 0 Å². The van der Waals surface area contributed by atoms with Crippen molar-refractivity contribution in [2.24, 2.45) is 0 Å². The van der Waals surface area contributed by atoms with Gasteiger partial charge < -0.3 is 4.57 Å². The fraction of sp³-hybridized carbons (Fsp3) is 0.476. The van der Waals surface area contributed by atoms with E-state index in [0.29, 0.717) is 37.3 Å². The molecule has 0 fully saturated rings. The maximum Gasteiger partial charge on any atom is 0.330 e. The molecule has 0 spiro atoms. The molecule has 0 saturated carbocycles. The van der Waals surface area contributed by atoms with E-state index < -0.39 is 5.69 Å². The maximum absolute atomic E-state index is 12.5. The average molecular weight is 418 g/mol. The monoisotopic (exact) mass is 417 g/mol. The van der Waals surface area contributed by atoms with Gasteiger partial charge in [0.2, 0.25) is 0 Å². The minimum atomic E-state index is -0.397. The minimum Gasteiger partial charge on any atom is -0.321 e. The van der Waals surface area contributed by atoms with Crippen LogP contribution in [0.5, 0.6) is 0 Å². The minimum absolute atomic E-state index is 0.382. The number of aryl methyl sites for hydroxylation is 2. The third-order valence-corrected chi connectivity index (χ3v) is 5.55. The predicted molar refractivity (Wildman–Crippen MR) is 116 cm³/mol.